The number of hydrogen-bond donors (Lipinski definition) is 9. The van der Waals surface area contributed by atoms with Gasteiger partial charge in [0.15, 0.2) is 5.96 Å². The summed E-state index contributed by atoms with van der Waals surface area (Å²) in [6.45, 7) is 7.13. The van der Waals surface area contributed by atoms with Gasteiger partial charge in [0.1, 0.15) is 30.2 Å². The van der Waals surface area contributed by atoms with Gasteiger partial charge < -0.3 is 49.3 Å². The molecule has 0 saturated heterocycles. The van der Waals surface area contributed by atoms with Crippen LogP contribution in [0.15, 0.2) is 35.3 Å². The molecular formula is C31H53N9O6. The van der Waals surface area contributed by atoms with Crippen molar-refractivity contribution >= 4 is 35.5 Å². The molecule has 0 aliphatic heterocycles. The molecule has 0 aromatic heterocycles. The Morgan fingerprint density at radius 3 is 1.65 bits per heavy atom. The van der Waals surface area contributed by atoms with E-state index in [9.17, 15) is 29.1 Å². The third-order valence-corrected chi connectivity index (χ3v) is 7.02. The predicted octanol–water partition coefficient (Wildman–Crippen LogP) is -1.49. The largest absolute Gasteiger partial charge is 0.394 e. The van der Waals surface area contributed by atoms with Gasteiger partial charge in [0, 0.05) is 6.54 Å². The Labute approximate surface area is 271 Å². The summed E-state index contributed by atoms with van der Waals surface area (Å²) in [5.41, 5.74) is 22.8. The molecule has 15 heteroatoms. The van der Waals surface area contributed by atoms with Gasteiger partial charge >= 0.3 is 0 Å². The minimum Gasteiger partial charge on any atom is -0.394 e. The van der Waals surface area contributed by atoms with Gasteiger partial charge in [-0.25, -0.2) is 0 Å². The summed E-state index contributed by atoms with van der Waals surface area (Å²) < 4.78 is 0. The van der Waals surface area contributed by atoms with Crippen LogP contribution in [-0.2, 0) is 30.4 Å². The van der Waals surface area contributed by atoms with Gasteiger partial charge in [-0.15, -0.1) is 0 Å². The average molecular weight is 648 g/mol. The Balaban J connectivity index is 3.13. The number of carbonyl (C=O) groups is 5. The fraction of sp³-hybridized carbons (Fsp3) is 0.613. The first kappa shape index (κ1) is 39.8. The van der Waals surface area contributed by atoms with Crippen molar-refractivity contribution in [3.8, 4) is 0 Å². The average Bonchev–Trinajstić information content (AvgIpc) is 2.98. The van der Waals surface area contributed by atoms with E-state index in [1.54, 1.807) is 0 Å². The molecule has 0 radical (unpaired) electrons. The molecule has 5 atom stereocenters. The van der Waals surface area contributed by atoms with Gasteiger partial charge in [0.25, 0.3) is 0 Å². The molecule has 15 nitrogen and oxygen atoms in total. The highest BCUT2D eigenvalue weighted by molar-refractivity contribution is 5.95. The fourth-order valence-corrected chi connectivity index (χ4v) is 4.60. The number of aliphatic imine (C=N–C) groups is 1. The summed E-state index contributed by atoms with van der Waals surface area (Å²) in [4.78, 5) is 68.9. The molecule has 0 aliphatic carbocycles. The SMILES string of the molecule is CC(C)C[C@H](NC(=O)[C@H](CC(C)C)NC(=O)[C@@H](CCc1ccccc1)NC(=O)[C@@H](N)CO)C(=O)N[C@@H](CCCN=C(N)N)C(N)=O. The van der Waals surface area contributed by atoms with Crippen LogP contribution in [0.5, 0.6) is 0 Å². The highest BCUT2D eigenvalue weighted by Gasteiger charge is 2.32. The number of carbonyl (C=O) groups excluding carboxylic acids is 5. The number of amides is 5. The normalized spacial score (nSPS) is 14.3. The molecule has 0 aliphatic rings. The van der Waals surface area contributed by atoms with Crippen LogP contribution in [0, 0.1) is 11.8 Å². The van der Waals surface area contributed by atoms with Gasteiger partial charge in [0.05, 0.1) is 6.61 Å². The Bertz CT molecular complexity index is 1160. The summed E-state index contributed by atoms with van der Waals surface area (Å²) >= 11 is 0. The molecule has 5 amide bonds. The Morgan fingerprint density at radius 2 is 1.20 bits per heavy atom. The van der Waals surface area contributed by atoms with Crippen LogP contribution in [0.1, 0.15) is 65.4 Å². The number of benzene rings is 1. The van der Waals surface area contributed by atoms with Crippen molar-refractivity contribution in [2.45, 2.75) is 96.4 Å². The minimum absolute atomic E-state index is 0.0172. The zero-order chi connectivity index (χ0) is 34.8. The summed E-state index contributed by atoms with van der Waals surface area (Å²) in [5, 5.41) is 20.0. The maximum Gasteiger partial charge on any atom is 0.243 e. The van der Waals surface area contributed by atoms with Crippen molar-refractivity contribution < 1.29 is 29.1 Å². The van der Waals surface area contributed by atoms with Crippen molar-refractivity contribution in [2.24, 2.45) is 39.8 Å². The van der Waals surface area contributed by atoms with Gasteiger partial charge in [-0.1, -0.05) is 58.0 Å². The first-order valence-electron chi connectivity index (χ1n) is 15.6. The molecular weight excluding hydrogens is 594 g/mol. The number of aryl methyl sites for hydroxylation is 1. The number of hydrogen-bond acceptors (Lipinski definition) is 8. The number of guanidine groups is 1. The van der Waals surface area contributed by atoms with Gasteiger partial charge in [0.2, 0.25) is 29.5 Å². The standard InChI is InChI=1S/C31H53N9O6/c1-18(2)15-24(29(45)37-22(26(33)42)11-8-14-36-31(34)35)40-30(46)25(16-19(3)4)39-28(44)23(38-27(43)21(32)17-41)13-12-20-9-6-5-7-10-20/h5-7,9-10,18-19,21-25,41H,8,11-17,32H2,1-4H3,(H2,33,42)(H,37,45)(H,38,43)(H,39,44)(H,40,46)(H4,34,35,36)/t21-,22-,23+,24-,25-/m0/s1. The molecule has 0 bridgehead atoms. The lowest BCUT2D eigenvalue weighted by molar-refractivity contribution is -0.135. The molecule has 46 heavy (non-hydrogen) atoms. The smallest absolute Gasteiger partial charge is 0.243 e. The highest BCUT2D eigenvalue weighted by Crippen LogP contribution is 2.12. The molecule has 258 valence electrons. The second-order valence-electron chi connectivity index (χ2n) is 12.2. The molecule has 13 N–H and O–H groups in total. The van der Waals surface area contributed by atoms with Gasteiger partial charge in [-0.05, 0) is 55.9 Å². The lowest BCUT2D eigenvalue weighted by Crippen LogP contribution is -2.59. The summed E-state index contributed by atoms with van der Waals surface area (Å²) in [5.74, 6) is -3.43. The number of nitrogens with two attached hydrogens (primary N) is 4. The number of aliphatic hydroxyl groups excluding tert-OH is 1. The number of primary amides is 1. The monoisotopic (exact) mass is 647 g/mol. The lowest BCUT2D eigenvalue weighted by atomic mass is 9.98. The van der Waals surface area contributed by atoms with Crippen LogP contribution >= 0.6 is 0 Å². The van der Waals surface area contributed by atoms with E-state index in [-0.39, 0.29) is 50.0 Å². The number of nitrogens with one attached hydrogen (secondary N) is 4. The summed E-state index contributed by atoms with van der Waals surface area (Å²) in [6, 6.07) is 3.96. The second kappa shape index (κ2) is 20.7. The lowest BCUT2D eigenvalue weighted by Gasteiger charge is -2.28. The molecule has 0 unspecified atom stereocenters. The van der Waals surface area contributed by atoms with Crippen molar-refractivity contribution in [3.05, 3.63) is 35.9 Å². The van der Waals surface area contributed by atoms with Crippen molar-refractivity contribution in [2.75, 3.05) is 13.2 Å². The predicted molar refractivity (Wildman–Crippen MR) is 176 cm³/mol. The maximum absolute atomic E-state index is 13.6. The molecule has 1 rings (SSSR count). The van der Waals surface area contributed by atoms with Gasteiger partial charge in [-0.3, -0.25) is 29.0 Å². The molecule has 1 aromatic rings. The zero-order valence-electron chi connectivity index (χ0n) is 27.3. The van der Waals surface area contributed by atoms with E-state index in [2.05, 4.69) is 26.3 Å². The van der Waals surface area contributed by atoms with Crippen LogP contribution in [0.2, 0.25) is 0 Å². The Kier molecular flexibility index (Phi) is 17.9. The van der Waals surface area contributed by atoms with E-state index in [0.717, 1.165) is 5.56 Å². The first-order valence-corrected chi connectivity index (χ1v) is 15.6. The van der Waals surface area contributed by atoms with Gasteiger partial charge in [-0.2, -0.15) is 0 Å². The number of nitrogens with zero attached hydrogens (tertiary/aromatic N) is 1. The van der Waals surface area contributed by atoms with E-state index < -0.39 is 66.4 Å². The topological polar surface area (TPSA) is 270 Å². The molecule has 0 heterocycles. The third-order valence-electron chi connectivity index (χ3n) is 7.02. The van der Waals surface area contributed by atoms with E-state index in [4.69, 9.17) is 22.9 Å². The molecule has 1 aromatic carbocycles. The Morgan fingerprint density at radius 1 is 0.717 bits per heavy atom. The van der Waals surface area contributed by atoms with Crippen LogP contribution in [-0.4, -0.2) is 84.0 Å². The maximum atomic E-state index is 13.6. The summed E-state index contributed by atoms with van der Waals surface area (Å²) in [6.07, 6.45) is 1.68. The quantitative estimate of drug-likeness (QED) is 0.0426. The highest BCUT2D eigenvalue weighted by atomic mass is 16.3. The van der Waals surface area contributed by atoms with Crippen molar-refractivity contribution in [3.63, 3.8) is 0 Å². The van der Waals surface area contributed by atoms with Crippen molar-refractivity contribution in [1.29, 1.82) is 0 Å². The van der Waals surface area contributed by atoms with E-state index >= 15 is 0 Å². The van der Waals surface area contributed by atoms with E-state index in [0.29, 0.717) is 12.8 Å². The Hall–Kier alpha value is -4.24. The summed E-state index contributed by atoms with van der Waals surface area (Å²) in [7, 11) is 0. The van der Waals surface area contributed by atoms with Crippen LogP contribution in [0.3, 0.4) is 0 Å². The minimum atomic E-state index is -1.23. The van der Waals surface area contributed by atoms with Crippen LogP contribution < -0.4 is 44.2 Å². The van der Waals surface area contributed by atoms with Crippen LogP contribution in [0.4, 0.5) is 0 Å². The molecule has 0 spiro atoms. The van der Waals surface area contributed by atoms with E-state index in [1.807, 2.05) is 58.0 Å². The number of rotatable bonds is 21. The molecule has 0 fully saturated rings. The second-order valence-corrected chi connectivity index (χ2v) is 12.2. The molecule has 0 saturated carbocycles. The third kappa shape index (κ3) is 15.7. The van der Waals surface area contributed by atoms with Crippen molar-refractivity contribution in [1.82, 2.24) is 21.3 Å². The van der Waals surface area contributed by atoms with E-state index in [1.165, 1.54) is 0 Å². The van der Waals surface area contributed by atoms with Crippen LogP contribution in [0.25, 0.3) is 0 Å². The fourth-order valence-electron chi connectivity index (χ4n) is 4.60. The zero-order valence-corrected chi connectivity index (χ0v) is 27.3. The number of aliphatic hydroxyl groups is 1. The first-order chi connectivity index (χ1) is 21.6.